The number of hydrogen-bond acceptors (Lipinski definition) is 7. The first-order valence-corrected chi connectivity index (χ1v) is 24.9. The summed E-state index contributed by atoms with van der Waals surface area (Å²) in [6, 6.07) is 1.70. The molecule has 1 aromatic heterocycles. The highest BCUT2D eigenvalue weighted by Crippen LogP contribution is 2.21. The van der Waals surface area contributed by atoms with Crippen molar-refractivity contribution in [1.82, 2.24) is 14.5 Å². The summed E-state index contributed by atoms with van der Waals surface area (Å²) in [5, 5.41) is 0. The van der Waals surface area contributed by atoms with Crippen molar-refractivity contribution in [3.8, 4) is 0 Å². The molecule has 8 heteroatoms. The molecule has 0 aromatic carbocycles. The summed E-state index contributed by atoms with van der Waals surface area (Å²) >= 11 is 0. The van der Waals surface area contributed by atoms with Gasteiger partial charge < -0.3 is 20.1 Å². The van der Waals surface area contributed by atoms with Crippen LogP contribution in [0.5, 0.6) is 0 Å². The van der Waals surface area contributed by atoms with Crippen LogP contribution in [0.2, 0.25) is 0 Å². The van der Waals surface area contributed by atoms with E-state index in [9.17, 15) is 9.59 Å². The van der Waals surface area contributed by atoms with Crippen molar-refractivity contribution in [2.75, 3.05) is 32.0 Å². The zero-order chi connectivity index (χ0) is 42.2. The maximum Gasteiger partial charge on any atom is 0.349 e. The van der Waals surface area contributed by atoms with Crippen molar-refractivity contribution in [3.63, 3.8) is 0 Å². The molecule has 0 saturated carbocycles. The Morgan fingerprint density at radius 3 is 1.62 bits per heavy atom. The first kappa shape index (κ1) is 53.7. The number of nitrogens with two attached hydrogens (primary N) is 1. The molecule has 0 unspecified atom stereocenters. The van der Waals surface area contributed by atoms with E-state index in [4.69, 9.17) is 15.2 Å². The third-order valence-electron chi connectivity index (χ3n) is 11.7. The van der Waals surface area contributed by atoms with Crippen LogP contribution < -0.4 is 11.4 Å². The molecule has 58 heavy (non-hydrogen) atoms. The van der Waals surface area contributed by atoms with E-state index in [0.29, 0.717) is 25.7 Å². The Bertz CT molecular complexity index is 1120. The van der Waals surface area contributed by atoms with Crippen LogP contribution >= 0.6 is 0 Å². The van der Waals surface area contributed by atoms with Gasteiger partial charge in [0.15, 0.2) is 0 Å². The van der Waals surface area contributed by atoms with Crippen LogP contribution in [0.15, 0.2) is 29.4 Å². The van der Waals surface area contributed by atoms with Gasteiger partial charge in [-0.05, 0) is 89.9 Å². The molecule has 0 atom stereocenters. The van der Waals surface area contributed by atoms with Crippen LogP contribution in [0, 0.1) is 0 Å². The maximum absolute atomic E-state index is 12.2. The summed E-state index contributed by atoms with van der Waals surface area (Å²) < 4.78 is 13.6. The predicted molar refractivity (Wildman–Crippen MR) is 248 cm³/mol. The van der Waals surface area contributed by atoms with E-state index in [2.05, 4.69) is 37.2 Å². The zero-order valence-corrected chi connectivity index (χ0v) is 38.6. The number of carbonyl (C=O) groups excluding carboxylic acids is 1. The van der Waals surface area contributed by atoms with Crippen LogP contribution in [0.3, 0.4) is 0 Å². The number of hydrogen-bond donors (Lipinski definition) is 1. The highest BCUT2D eigenvalue weighted by Gasteiger charge is 2.12. The molecule has 0 spiro atoms. The SMILES string of the molecule is C=C(CCCCCCCN(CCCCCCCC(=O)OCCCCCCCCC)CCCn1ccc(N)nc1=O)OC(CCCCCCCC)CCCCCCCC. The molecule has 1 aromatic rings. The summed E-state index contributed by atoms with van der Waals surface area (Å²) in [5.41, 5.74) is 5.42. The van der Waals surface area contributed by atoms with E-state index in [0.717, 1.165) is 83.2 Å². The number of ether oxygens (including phenoxy) is 2. The second-order valence-corrected chi connectivity index (χ2v) is 17.3. The number of nitrogens with zero attached hydrogens (tertiary/aromatic N) is 3. The Kier molecular flexibility index (Phi) is 37.1. The van der Waals surface area contributed by atoms with E-state index in [1.54, 1.807) is 16.8 Å². The second kappa shape index (κ2) is 40.1. The lowest BCUT2D eigenvalue weighted by Crippen LogP contribution is -2.30. The van der Waals surface area contributed by atoms with Gasteiger partial charge in [-0.15, -0.1) is 0 Å². The van der Waals surface area contributed by atoms with Gasteiger partial charge in [-0.3, -0.25) is 9.36 Å². The lowest BCUT2D eigenvalue weighted by Gasteiger charge is -2.22. The molecule has 2 N–H and O–H groups in total. The van der Waals surface area contributed by atoms with Crippen molar-refractivity contribution < 1.29 is 14.3 Å². The quantitative estimate of drug-likeness (QED) is 0.0398. The van der Waals surface area contributed by atoms with Crippen LogP contribution in [-0.4, -0.2) is 52.8 Å². The Balaban J connectivity index is 2.35. The van der Waals surface area contributed by atoms with Crippen molar-refractivity contribution >= 4 is 11.8 Å². The molecule has 0 aliphatic heterocycles. The summed E-state index contributed by atoms with van der Waals surface area (Å²) in [5.74, 6) is 1.25. The molecule has 0 radical (unpaired) electrons. The molecule has 0 fully saturated rings. The highest BCUT2D eigenvalue weighted by molar-refractivity contribution is 5.69. The number of unbranched alkanes of at least 4 members (excludes halogenated alkanes) is 24. The van der Waals surface area contributed by atoms with Gasteiger partial charge in [0.25, 0.3) is 0 Å². The highest BCUT2D eigenvalue weighted by atomic mass is 16.5. The minimum atomic E-state index is -0.271. The number of esters is 1. The van der Waals surface area contributed by atoms with Crippen LogP contribution in [-0.2, 0) is 20.8 Å². The number of aryl methyl sites for hydroxylation is 1. The van der Waals surface area contributed by atoms with Gasteiger partial charge in [0.2, 0.25) is 0 Å². The van der Waals surface area contributed by atoms with E-state index in [-0.39, 0.29) is 17.5 Å². The number of allylic oxidation sites excluding steroid dienone is 1. The average molecular weight is 815 g/mol. The molecule has 1 rings (SSSR count). The fourth-order valence-electron chi connectivity index (χ4n) is 7.91. The number of rotatable bonds is 44. The predicted octanol–water partition coefficient (Wildman–Crippen LogP) is 13.9. The average Bonchev–Trinajstić information content (AvgIpc) is 3.21. The van der Waals surface area contributed by atoms with Gasteiger partial charge in [-0.25, -0.2) is 4.79 Å². The van der Waals surface area contributed by atoms with Gasteiger partial charge in [0, 0.05) is 25.6 Å². The van der Waals surface area contributed by atoms with E-state index >= 15 is 0 Å². The van der Waals surface area contributed by atoms with E-state index in [1.165, 1.54) is 154 Å². The standard InChI is InChI=1S/C50H94N4O4/c1-5-8-11-14-17-26-33-45-57-49(55)38-30-23-19-25-32-41-53(42-34-43-54-44-39-48(51)52-50(54)56)40-31-24-18-20-27-35-46(4)58-47(36-28-21-15-12-9-6-2)37-29-22-16-13-10-7-3/h39,44,47H,4-38,40-43,45H2,1-3H3,(H2,51,52,56). The van der Waals surface area contributed by atoms with Crippen molar-refractivity contribution in [2.24, 2.45) is 0 Å². The van der Waals surface area contributed by atoms with Gasteiger partial charge in [0.1, 0.15) is 5.82 Å². The zero-order valence-electron chi connectivity index (χ0n) is 38.6. The number of nitrogen functional groups attached to an aromatic ring is 1. The first-order chi connectivity index (χ1) is 28.4. The van der Waals surface area contributed by atoms with Crippen molar-refractivity contribution in [3.05, 3.63) is 35.1 Å². The lowest BCUT2D eigenvalue weighted by atomic mass is 10.0. The van der Waals surface area contributed by atoms with E-state index in [1.807, 2.05) is 0 Å². The van der Waals surface area contributed by atoms with Crippen LogP contribution in [0.4, 0.5) is 5.82 Å². The second-order valence-electron chi connectivity index (χ2n) is 17.3. The summed E-state index contributed by atoms with van der Waals surface area (Å²) in [6.07, 6.45) is 43.1. The molecule has 0 aliphatic rings. The molecular formula is C50H94N4O4. The Morgan fingerprint density at radius 1 is 0.638 bits per heavy atom. The van der Waals surface area contributed by atoms with E-state index < -0.39 is 0 Å². The summed E-state index contributed by atoms with van der Waals surface area (Å²) in [4.78, 5) is 30.9. The van der Waals surface area contributed by atoms with Gasteiger partial charge in [0.05, 0.1) is 18.5 Å². The fraction of sp³-hybridized carbons (Fsp3) is 0.860. The summed E-state index contributed by atoms with van der Waals surface area (Å²) in [7, 11) is 0. The monoisotopic (exact) mass is 815 g/mol. The fourth-order valence-corrected chi connectivity index (χ4v) is 7.91. The first-order valence-electron chi connectivity index (χ1n) is 24.9. The Hall–Kier alpha value is -2.35. The number of carbonyl (C=O) groups is 1. The van der Waals surface area contributed by atoms with Crippen molar-refractivity contribution in [1.29, 1.82) is 0 Å². The largest absolute Gasteiger partial charge is 0.495 e. The molecule has 338 valence electrons. The smallest absolute Gasteiger partial charge is 0.349 e. The minimum Gasteiger partial charge on any atom is -0.495 e. The number of anilines is 1. The molecular weight excluding hydrogens is 721 g/mol. The number of aromatic nitrogens is 2. The van der Waals surface area contributed by atoms with Crippen LogP contribution in [0.25, 0.3) is 0 Å². The van der Waals surface area contributed by atoms with Gasteiger partial charge in [-0.1, -0.05) is 169 Å². The van der Waals surface area contributed by atoms with Gasteiger partial charge in [-0.2, -0.15) is 4.98 Å². The molecule has 1 heterocycles. The Morgan fingerprint density at radius 2 is 1.09 bits per heavy atom. The molecule has 0 aliphatic carbocycles. The molecule has 8 nitrogen and oxygen atoms in total. The topological polar surface area (TPSA) is 99.7 Å². The van der Waals surface area contributed by atoms with Crippen LogP contribution in [0.1, 0.15) is 239 Å². The maximum atomic E-state index is 12.2. The molecule has 0 bridgehead atoms. The lowest BCUT2D eigenvalue weighted by molar-refractivity contribution is -0.143. The molecule has 0 saturated heterocycles. The normalized spacial score (nSPS) is 11.5. The third kappa shape index (κ3) is 33.5. The Labute approximate surface area is 358 Å². The summed E-state index contributed by atoms with van der Waals surface area (Å²) in [6.45, 7) is 15.5. The van der Waals surface area contributed by atoms with Gasteiger partial charge >= 0.3 is 11.7 Å². The molecule has 0 amide bonds. The third-order valence-corrected chi connectivity index (χ3v) is 11.7. The minimum absolute atomic E-state index is 0.0305. The van der Waals surface area contributed by atoms with Crippen molar-refractivity contribution in [2.45, 2.75) is 252 Å².